The quantitative estimate of drug-likeness (QED) is 0.542. The van der Waals surface area contributed by atoms with Crippen molar-refractivity contribution in [3.05, 3.63) is 59.4 Å². The van der Waals surface area contributed by atoms with E-state index in [4.69, 9.17) is 0 Å². The average Bonchev–Trinajstić information content (AvgIpc) is 2.67. The normalized spacial score (nSPS) is 11.4. The third-order valence-corrected chi connectivity index (χ3v) is 3.48. The highest BCUT2D eigenvalue weighted by Crippen LogP contribution is 2.23. The number of rotatable bonds is 8. The van der Waals surface area contributed by atoms with Crippen LogP contribution in [0.1, 0.15) is 26.4 Å². The first kappa shape index (κ1) is 21.3. The Morgan fingerprint density at radius 2 is 1.96 bits per heavy atom. The molecule has 0 fully saturated rings. The second kappa shape index (κ2) is 9.27. The van der Waals surface area contributed by atoms with Gasteiger partial charge in [0.25, 0.3) is 5.91 Å². The number of ether oxygens (including phenoxy) is 2. The van der Waals surface area contributed by atoms with E-state index in [1.807, 2.05) is 0 Å². The summed E-state index contributed by atoms with van der Waals surface area (Å²) < 4.78 is 59.0. The van der Waals surface area contributed by atoms with Gasteiger partial charge >= 0.3 is 18.3 Å². The van der Waals surface area contributed by atoms with Gasteiger partial charge in [0.15, 0.2) is 0 Å². The number of pyridine rings is 1. The lowest BCUT2D eigenvalue weighted by Gasteiger charge is -2.15. The van der Waals surface area contributed by atoms with Crippen molar-refractivity contribution >= 4 is 17.6 Å². The molecule has 0 radical (unpaired) electrons. The molecule has 0 saturated carbocycles. The van der Waals surface area contributed by atoms with Gasteiger partial charge in [-0.2, -0.15) is 8.78 Å². The smallest absolute Gasteiger partial charge is 0.339 e. The Bertz CT molecular complexity index is 829. The average molecular weight is 400 g/mol. The molecule has 6 nitrogen and oxygen atoms in total. The second-order valence-corrected chi connectivity index (χ2v) is 5.63. The molecule has 0 aliphatic carbocycles. The number of hydrogen-bond donors (Lipinski definition) is 1. The minimum Gasteiger partial charge on any atom is -0.465 e. The second-order valence-electron chi connectivity index (χ2n) is 5.63. The number of esters is 1. The number of aromatic nitrogens is 1. The largest absolute Gasteiger partial charge is 0.465 e. The Kier molecular flexibility index (Phi) is 7.05. The number of hydrogen-bond acceptors (Lipinski definition) is 5. The summed E-state index contributed by atoms with van der Waals surface area (Å²) in [6, 6.07) is 8.76. The summed E-state index contributed by atoms with van der Waals surface area (Å²) in [6.45, 7) is -1.75. The Labute approximate surface area is 157 Å². The van der Waals surface area contributed by atoms with Gasteiger partial charge < -0.3 is 14.8 Å². The lowest BCUT2D eigenvalue weighted by molar-refractivity contribution is -0.168. The summed E-state index contributed by atoms with van der Waals surface area (Å²) in [7, 11) is 1.22. The molecule has 1 aromatic heterocycles. The maximum atomic E-state index is 12.8. The molecule has 0 aliphatic rings. The number of alkyl halides is 4. The lowest BCUT2D eigenvalue weighted by atomic mass is 10.2. The number of nitrogens with zero attached hydrogens (tertiary/aromatic N) is 1. The molecule has 0 bridgehead atoms. The molecule has 1 N–H and O–H groups in total. The molecule has 2 aromatic rings. The van der Waals surface area contributed by atoms with E-state index >= 15 is 0 Å². The van der Waals surface area contributed by atoms with Gasteiger partial charge in [0.1, 0.15) is 12.3 Å². The minimum atomic E-state index is -4.23. The van der Waals surface area contributed by atoms with E-state index in [1.54, 1.807) is 0 Å². The molecule has 150 valence electrons. The summed E-state index contributed by atoms with van der Waals surface area (Å²) in [5.74, 6) is -5.39. The predicted molar refractivity (Wildman–Crippen MR) is 90.6 cm³/mol. The number of methoxy groups -OCH3 is 1. The Hall–Kier alpha value is -3.01. The Balaban J connectivity index is 1.96. The molecule has 0 unspecified atom stereocenters. The van der Waals surface area contributed by atoms with Crippen LogP contribution < -0.4 is 5.32 Å². The topological polar surface area (TPSA) is 77.5 Å². The summed E-state index contributed by atoms with van der Waals surface area (Å²) in [5.41, 5.74) is 0.937. The number of carbonyl (C=O) groups excluding carboxylic acids is 2. The summed E-state index contributed by atoms with van der Waals surface area (Å²) in [6.07, 6.45) is -2.62. The van der Waals surface area contributed by atoms with Crippen LogP contribution in [-0.2, 0) is 16.1 Å². The number of halogens is 4. The predicted octanol–water partition coefficient (Wildman–Crippen LogP) is 3.54. The lowest BCUT2D eigenvalue weighted by Crippen LogP contribution is -2.32. The molecule has 28 heavy (non-hydrogen) atoms. The van der Waals surface area contributed by atoms with E-state index in [0.717, 1.165) is 0 Å². The van der Waals surface area contributed by atoms with Crippen molar-refractivity contribution in [2.45, 2.75) is 19.0 Å². The first-order valence-electron chi connectivity index (χ1n) is 7.91. The minimum absolute atomic E-state index is 0.0332. The highest BCUT2D eigenvalue weighted by atomic mass is 19.3. The number of anilines is 1. The number of carbonyl (C=O) groups is 2. The first-order valence-corrected chi connectivity index (χ1v) is 7.91. The standard InChI is InChI=1S/C18H16F4N2O4/c1-27-16(26)12-5-6-14(23-8-12)15(25)24-13-4-2-3-11(7-13)9-28-10-18(21,22)17(19)20/h2-8,17H,9-10H2,1H3,(H,24,25). The number of nitrogens with one attached hydrogen (secondary N) is 1. The Morgan fingerprint density at radius 3 is 2.57 bits per heavy atom. The van der Waals surface area contributed by atoms with Gasteiger partial charge in [-0.25, -0.2) is 13.6 Å². The molecule has 0 spiro atoms. The molecule has 0 saturated heterocycles. The van der Waals surface area contributed by atoms with Crippen LogP contribution in [0.25, 0.3) is 0 Å². The highest BCUT2D eigenvalue weighted by molar-refractivity contribution is 6.03. The van der Waals surface area contributed by atoms with Crippen molar-refractivity contribution in [2.75, 3.05) is 19.0 Å². The van der Waals surface area contributed by atoms with Crippen LogP contribution in [-0.4, -0.2) is 42.9 Å². The van der Waals surface area contributed by atoms with Crippen LogP contribution in [0, 0.1) is 0 Å². The summed E-state index contributed by atoms with van der Waals surface area (Å²) in [5, 5.41) is 2.54. The van der Waals surface area contributed by atoms with Gasteiger partial charge in [-0.3, -0.25) is 9.78 Å². The van der Waals surface area contributed by atoms with E-state index in [0.29, 0.717) is 11.3 Å². The van der Waals surface area contributed by atoms with Crippen molar-refractivity contribution in [3.63, 3.8) is 0 Å². The molecule has 2 rings (SSSR count). The van der Waals surface area contributed by atoms with E-state index in [-0.39, 0.29) is 17.9 Å². The molecule has 1 aromatic carbocycles. The molecule has 0 atom stereocenters. The zero-order chi connectivity index (χ0) is 20.7. The van der Waals surface area contributed by atoms with Gasteiger partial charge in [0.05, 0.1) is 19.3 Å². The highest BCUT2D eigenvalue weighted by Gasteiger charge is 2.40. The summed E-state index contributed by atoms with van der Waals surface area (Å²) >= 11 is 0. The van der Waals surface area contributed by atoms with Crippen LogP contribution >= 0.6 is 0 Å². The van der Waals surface area contributed by atoms with Gasteiger partial charge in [0.2, 0.25) is 0 Å². The van der Waals surface area contributed by atoms with E-state index < -0.39 is 30.8 Å². The van der Waals surface area contributed by atoms with E-state index in [2.05, 4.69) is 19.8 Å². The maximum Gasteiger partial charge on any atom is 0.339 e. The van der Waals surface area contributed by atoms with Gasteiger partial charge in [0, 0.05) is 11.9 Å². The van der Waals surface area contributed by atoms with Gasteiger partial charge in [-0.05, 0) is 29.8 Å². The SMILES string of the molecule is COC(=O)c1ccc(C(=O)Nc2cccc(COCC(F)(F)C(F)F)c2)nc1. The van der Waals surface area contributed by atoms with Crippen molar-refractivity contribution in [3.8, 4) is 0 Å². The molecule has 1 heterocycles. The Morgan fingerprint density at radius 1 is 1.21 bits per heavy atom. The van der Waals surface area contributed by atoms with E-state index in [9.17, 15) is 27.2 Å². The fraction of sp³-hybridized carbons (Fsp3) is 0.278. The van der Waals surface area contributed by atoms with Crippen LogP contribution in [0.5, 0.6) is 0 Å². The van der Waals surface area contributed by atoms with Crippen molar-refractivity contribution < 1.29 is 36.6 Å². The molecular formula is C18H16F4N2O4. The zero-order valence-corrected chi connectivity index (χ0v) is 14.6. The molecular weight excluding hydrogens is 384 g/mol. The monoisotopic (exact) mass is 400 g/mol. The zero-order valence-electron chi connectivity index (χ0n) is 14.6. The van der Waals surface area contributed by atoms with Crippen LogP contribution in [0.15, 0.2) is 42.6 Å². The third-order valence-electron chi connectivity index (χ3n) is 3.48. The molecule has 10 heteroatoms. The number of benzene rings is 1. The summed E-state index contributed by atoms with van der Waals surface area (Å²) in [4.78, 5) is 27.4. The van der Waals surface area contributed by atoms with Crippen LogP contribution in [0.4, 0.5) is 23.2 Å². The molecule has 1 amide bonds. The first-order chi connectivity index (χ1) is 13.2. The maximum absolute atomic E-state index is 12.8. The van der Waals surface area contributed by atoms with E-state index in [1.165, 1.54) is 49.7 Å². The van der Waals surface area contributed by atoms with Crippen molar-refractivity contribution in [2.24, 2.45) is 0 Å². The fourth-order valence-corrected chi connectivity index (χ4v) is 2.07. The van der Waals surface area contributed by atoms with Crippen molar-refractivity contribution in [1.29, 1.82) is 0 Å². The van der Waals surface area contributed by atoms with Crippen LogP contribution in [0.3, 0.4) is 0 Å². The van der Waals surface area contributed by atoms with Crippen LogP contribution in [0.2, 0.25) is 0 Å². The van der Waals surface area contributed by atoms with Gasteiger partial charge in [-0.15, -0.1) is 0 Å². The number of amides is 1. The van der Waals surface area contributed by atoms with Crippen molar-refractivity contribution in [1.82, 2.24) is 4.98 Å². The fourth-order valence-electron chi connectivity index (χ4n) is 2.07. The third kappa shape index (κ3) is 5.74. The molecule has 0 aliphatic heterocycles. The van der Waals surface area contributed by atoms with Gasteiger partial charge in [-0.1, -0.05) is 12.1 Å².